The van der Waals surface area contributed by atoms with Gasteiger partial charge >= 0.3 is 0 Å². The fourth-order valence-electron chi connectivity index (χ4n) is 1.45. The summed E-state index contributed by atoms with van der Waals surface area (Å²) in [5, 5.41) is 2.97. The Morgan fingerprint density at radius 2 is 1.94 bits per heavy atom. The Bertz CT molecular complexity index is 595. The molecule has 17 heavy (non-hydrogen) atoms. The van der Waals surface area contributed by atoms with E-state index >= 15 is 0 Å². The first-order valence-electron chi connectivity index (χ1n) is 4.54. The van der Waals surface area contributed by atoms with E-state index in [4.69, 9.17) is 17.3 Å². The molecule has 1 heterocycles. The number of anilines is 1. The topological polar surface area (TPSA) is 43.8 Å². The Balaban J connectivity index is 2.76. The van der Waals surface area contributed by atoms with Gasteiger partial charge in [-0.1, -0.05) is 11.6 Å². The van der Waals surface area contributed by atoms with Gasteiger partial charge in [-0.2, -0.15) is 5.10 Å². The number of nitrogens with zero attached hydrogens (tertiary/aromatic N) is 2. The van der Waals surface area contributed by atoms with E-state index in [0.717, 1.165) is 0 Å². The van der Waals surface area contributed by atoms with Crippen molar-refractivity contribution < 1.29 is 13.2 Å². The summed E-state index contributed by atoms with van der Waals surface area (Å²) in [6, 6.07) is 0.507. The highest BCUT2D eigenvalue weighted by Gasteiger charge is 2.22. The Hall–Kier alpha value is -1.69. The van der Waals surface area contributed by atoms with Gasteiger partial charge in [-0.15, -0.1) is 0 Å². The molecule has 0 aliphatic carbocycles. The Labute approximate surface area is 99.6 Å². The number of hydrogen-bond acceptors (Lipinski definition) is 2. The van der Waals surface area contributed by atoms with Gasteiger partial charge in [0.1, 0.15) is 22.5 Å². The second kappa shape index (κ2) is 3.96. The number of aryl methyl sites for hydroxylation is 1. The van der Waals surface area contributed by atoms with Gasteiger partial charge in [0.15, 0.2) is 5.82 Å². The van der Waals surface area contributed by atoms with E-state index < -0.39 is 28.0 Å². The molecule has 0 fully saturated rings. The number of nitrogens with two attached hydrogens (primary N) is 1. The lowest BCUT2D eigenvalue weighted by Crippen LogP contribution is -2.00. The quantitative estimate of drug-likeness (QED) is 0.634. The monoisotopic (exact) mass is 261 g/mol. The van der Waals surface area contributed by atoms with Crippen LogP contribution >= 0.6 is 11.6 Å². The number of nitrogen functional groups attached to an aromatic ring is 1. The first-order chi connectivity index (χ1) is 7.93. The maximum Gasteiger partial charge on any atom is 0.155 e. The summed E-state index contributed by atoms with van der Waals surface area (Å²) in [6.45, 7) is 0. The fourth-order valence-corrected chi connectivity index (χ4v) is 1.60. The predicted molar refractivity (Wildman–Crippen MR) is 57.9 cm³/mol. The van der Waals surface area contributed by atoms with Crippen molar-refractivity contribution in [3.05, 3.63) is 34.7 Å². The molecule has 0 aliphatic heterocycles. The van der Waals surface area contributed by atoms with Crippen LogP contribution in [0.5, 0.6) is 0 Å². The molecule has 90 valence electrons. The standard InChI is InChI=1S/C10H7ClF3N3/c1-17-10(15)4(3-16-17)7-5(12)2-6(13)8(11)9(7)14/h2-3H,15H2,1H3. The highest BCUT2D eigenvalue weighted by atomic mass is 35.5. The average Bonchev–Trinajstić information content (AvgIpc) is 2.58. The van der Waals surface area contributed by atoms with E-state index in [9.17, 15) is 13.2 Å². The van der Waals surface area contributed by atoms with E-state index in [1.54, 1.807) is 0 Å². The van der Waals surface area contributed by atoms with Gasteiger partial charge in [0.2, 0.25) is 0 Å². The van der Waals surface area contributed by atoms with E-state index in [0.29, 0.717) is 6.07 Å². The first-order valence-corrected chi connectivity index (χ1v) is 4.92. The van der Waals surface area contributed by atoms with Crippen LogP contribution in [0.25, 0.3) is 11.1 Å². The van der Waals surface area contributed by atoms with Crippen molar-refractivity contribution in [3.8, 4) is 11.1 Å². The largest absolute Gasteiger partial charge is 0.383 e. The van der Waals surface area contributed by atoms with Crippen LogP contribution < -0.4 is 5.73 Å². The van der Waals surface area contributed by atoms with Crippen LogP contribution in [0.4, 0.5) is 19.0 Å². The van der Waals surface area contributed by atoms with Crippen molar-refractivity contribution in [1.29, 1.82) is 0 Å². The third-order valence-electron chi connectivity index (χ3n) is 2.37. The maximum atomic E-state index is 13.7. The van der Waals surface area contributed by atoms with E-state index in [-0.39, 0.29) is 11.4 Å². The molecule has 7 heteroatoms. The molecule has 0 aliphatic rings. The van der Waals surface area contributed by atoms with Crippen LogP contribution in [-0.2, 0) is 7.05 Å². The van der Waals surface area contributed by atoms with Crippen LogP contribution in [0.2, 0.25) is 5.02 Å². The molecule has 3 nitrogen and oxygen atoms in total. The molecule has 2 N–H and O–H groups in total. The van der Waals surface area contributed by atoms with Crippen molar-refractivity contribution in [2.75, 3.05) is 5.73 Å². The number of benzene rings is 1. The minimum atomic E-state index is -1.19. The normalized spacial score (nSPS) is 10.9. The van der Waals surface area contributed by atoms with Gasteiger partial charge in [0, 0.05) is 18.7 Å². The lowest BCUT2D eigenvalue weighted by Gasteiger charge is -2.06. The fraction of sp³-hybridized carbons (Fsp3) is 0.100. The van der Waals surface area contributed by atoms with Crippen molar-refractivity contribution in [2.24, 2.45) is 7.05 Å². The van der Waals surface area contributed by atoms with Crippen LogP contribution in [0.3, 0.4) is 0 Å². The summed E-state index contributed by atoms with van der Waals surface area (Å²) in [5.74, 6) is -3.37. The highest BCUT2D eigenvalue weighted by molar-refractivity contribution is 6.31. The van der Waals surface area contributed by atoms with E-state index in [2.05, 4.69) is 5.10 Å². The van der Waals surface area contributed by atoms with Crippen molar-refractivity contribution in [3.63, 3.8) is 0 Å². The third kappa shape index (κ3) is 1.74. The van der Waals surface area contributed by atoms with Gasteiger partial charge in [-0.25, -0.2) is 13.2 Å². The molecule has 0 bridgehead atoms. The molecule has 1 aromatic heterocycles. The molecule has 0 spiro atoms. The van der Waals surface area contributed by atoms with Gasteiger partial charge in [-0.3, -0.25) is 4.68 Å². The van der Waals surface area contributed by atoms with Crippen LogP contribution in [0.1, 0.15) is 0 Å². The molecule has 0 radical (unpaired) electrons. The summed E-state index contributed by atoms with van der Waals surface area (Å²) in [6.07, 6.45) is 1.19. The summed E-state index contributed by atoms with van der Waals surface area (Å²) in [7, 11) is 1.51. The van der Waals surface area contributed by atoms with E-state index in [1.807, 2.05) is 0 Å². The summed E-state index contributed by atoms with van der Waals surface area (Å²) < 4.78 is 41.4. The highest BCUT2D eigenvalue weighted by Crippen LogP contribution is 2.34. The molecule has 2 rings (SSSR count). The summed E-state index contributed by atoms with van der Waals surface area (Å²) >= 11 is 5.38. The average molecular weight is 262 g/mol. The Kier molecular flexibility index (Phi) is 2.74. The number of aromatic nitrogens is 2. The number of halogens is 4. The molecule has 0 atom stereocenters. The Morgan fingerprint density at radius 3 is 2.47 bits per heavy atom. The molecule has 0 saturated carbocycles. The minimum Gasteiger partial charge on any atom is -0.383 e. The van der Waals surface area contributed by atoms with Crippen molar-refractivity contribution in [1.82, 2.24) is 9.78 Å². The molecule has 1 aromatic carbocycles. The number of rotatable bonds is 1. The summed E-state index contributed by atoms with van der Waals surface area (Å²) in [4.78, 5) is 0. The van der Waals surface area contributed by atoms with Crippen LogP contribution in [0.15, 0.2) is 12.3 Å². The van der Waals surface area contributed by atoms with Crippen molar-refractivity contribution in [2.45, 2.75) is 0 Å². The SMILES string of the molecule is Cn1ncc(-c2c(F)cc(F)c(Cl)c2F)c1N. The first kappa shape index (κ1) is 11.8. The van der Waals surface area contributed by atoms with Crippen LogP contribution in [0, 0.1) is 17.5 Å². The van der Waals surface area contributed by atoms with Crippen molar-refractivity contribution >= 4 is 17.4 Å². The molecule has 0 saturated heterocycles. The second-order valence-electron chi connectivity index (χ2n) is 3.41. The number of hydrogen-bond donors (Lipinski definition) is 1. The molecular weight excluding hydrogens is 255 g/mol. The molecule has 0 amide bonds. The minimum absolute atomic E-state index is 0.0319. The zero-order valence-corrected chi connectivity index (χ0v) is 9.39. The van der Waals surface area contributed by atoms with Gasteiger partial charge in [0.25, 0.3) is 0 Å². The predicted octanol–water partition coefficient (Wildman–Crippen LogP) is 2.74. The lowest BCUT2D eigenvalue weighted by atomic mass is 10.1. The molecule has 2 aromatic rings. The maximum absolute atomic E-state index is 13.7. The molecule has 0 unspecified atom stereocenters. The van der Waals surface area contributed by atoms with Crippen LogP contribution in [-0.4, -0.2) is 9.78 Å². The van der Waals surface area contributed by atoms with Gasteiger partial charge in [-0.05, 0) is 0 Å². The smallest absolute Gasteiger partial charge is 0.155 e. The zero-order valence-electron chi connectivity index (χ0n) is 8.64. The van der Waals surface area contributed by atoms with Gasteiger partial charge < -0.3 is 5.73 Å². The lowest BCUT2D eigenvalue weighted by molar-refractivity contribution is 0.548. The zero-order chi connectivity index (χ0) is 12.7. The Morgan fingerprint density at radius 1 is 1.29 bits per heavy atom. The van der Waals surface area contributed by atoms with E-state index in [1.165, 1.54) is 17.9 Å². The summed E-state index contributed by atoms with van der Waals surface area (Å²) in [5.41, 5.74) is 5.14. The molecular formula is C10H7ClF3N3. The second-order valence-corrected chi connectivity index (χ2v) is 3.79. The van der Waals surface area contributed by atoms with Gasteiger partial charge in [0.05, 0.1) is 11.8 Å². The third-order valence-corrected chi connectivity index (χ3v) is 2.71.